The summed E-state index contributed by atoms with van der Waals surface area (Å²) in [6, 6.07) is 4.13. The van der Waals surface area contributed by atoms with Crippen LogP contribution in [0.4, 0.5) is 0 Å². The van der Waals surface area contributed by atoms with Crippen molar-refractivity contribution in [1.82, 2.24) is 24.4 Å². The third-order valence-electron chi connectivity index (χ3n) is 3.74. The average Bonchev–Trinajstić information content (AvgIpc) is 3.11. The van der Waals surface area contributed by atoms with Crippen molar-refractivity contribution in [2.24, 2.45) is 0 Å². The lowest BCUT2D eigenvalue weighted by molar-refractivity contribution is 0.656. The lowest BCUT2D eigenvalue weighted by Gasteiger charge is -2.06. The van der Waals surface area contributed by atoms with Crippen molar-refractivity contribution in [3.05, 3.63) is 48.3 Å². The molecule has 0 spiro atoms. The Morgan fingerprint density at radius 2 is 2.05 bits per heavy atom. The van der Waals surface area contributed by atoms with E-state index in [0.29, 0.717) is 0 Å². The zero-order valence-corrected chi connectivity index (χ0v) is 12.6. The molecule has 0 saturated carbocycles. The van der Waals surface area contributed by atoms with Gasteiger partial charge in [0.25, 0.3) is 0 Å². The SMILES string of the molecule is CCNCc1cn(Cc2nccn2CC)c2ncccc12. The highest BCUT2D eigenvalue weighted by atomic mass is 15.1. The summed E-state index contributed by atoms with van der Waals surface area (Å²) in [5.41, 5.74) is 2.31. The zero-order chi connectivity index (χ0) is 14.7. The molecule has 0 aliphatic heterocycles. The molecule has 5 nitrogen and oxygen atoms in total. The van der Waals surface area contributed by atoms with Gasteiger partial charge in [-0.25, -0.2) is 9.97 Å². The number of nitrogens with zero attached hydrogens (tertiary/aromatic N) is 4. The maximum Gasteiger partial charge on any atom is 0.140 e. The molecule has 0 bridgehead atoms. The highest BCUT2D eigenvalue weighted by Gasteiger charge is 2.11. The van der Waals surface area contributed by atoms with Gasteiger partial charge in [0, 0.05) is 43.3 Å². The summed E-state index contributed by atoms with van der Waals surface area (Å²) in [5.74, 6) is 1.06. The molecular formula is C16H21N5. The minimum atomic E-state index is 0.750. The van der Waals surface area contributed by atoms with Crippen LogP contribution >= 0.6 is 0 Å². The fourth-order valence-corrected chi connectivity index (χ4v) is 2.65. The molecule has 0 atom stereocenters. The standard InChI is InChI=1S/C16H21N5/c1-3-17-10-13-11-21(16-14(13)6-5-7-19-16)12-15-18-8-9-20(15)4-2/h5-9,11,17H,3-4,10,12H2,1-2H3. The van der Waals surface area contributed by atoms with Gasteiger partial charge in [0.15, 0.2) is 0 Å². The zero-order valence-electron chi connectivity index (χ0n) is 12.6. The van der Waals surface area contributed by atoms with Crippen molar-refractivity contribution in [1.29, 1.82) is 0 Å². The fourth-order valence-electron chi connectivity index (χ4n) is 2.65. The molecule has 3 rings (SSSR count). The van der Waals surface area contributed by atoms with E-state index in [1.807, 2.05) is 24.7 Å². The largest absolute Gasteiger partial charge is 0.334 e. The number of imidazole rings is 1. The number of hydrogen-bond acceptors (Lipinski definition) is 3. The van der Waals surface area contributed by atoms with E-state index in [0.717, 1.165) is 37.7 Å². The van der Waals surface area contributed by atoms with Crippen LogP contribution in [-0.4, -0.2) is 25.6 Å². The molecule has 3 aromatic heterocycles. The Kier molecular flexibility index (Phi) is 4.01. The smallest absolute Gasteiger partial charge is 0.140 e. The molecule has 1 N–H and O–H groups in total. The second kappa shape index (κ2) is 6.10. The average molecular weight is 283 g/mol. The van der Waals surface area contributed by atoms with Crippen molar-refractivity contribution >= 4 is 11.0 Å². The Morgan fingerprint density at radius 1 is 1.14 bits per heavy atom. The second-order valence-electron chi connectivity index (χ2n) is 5.07. The second-order valence-corrected chi connectivity index (χ2v) is 5.07. The number of nitrogens with one attached hydrogen (secondary N) is 1. The van der Waals surface area contributed by atoms with E-state index < -0.39 is 0 Å². The van der Waals surface area contributed by atoms with Crippen molar-refractivity contribution < 1.29 is 0 Å². The van der Waals surface area contributed by atoms with Crippen LogP contribution < -0.4 is 5.32 Å². The topological polar surface area (TPSA) is 47.7 Å². The van der Waals surface area contributed by atoms with E-state index in [4.69, 9.17) is 0 Å². The van der Waals surface area contributed by atoms with Gasteiger partial charge in [-0.3, -0.25) is 0 Å². The van der Waals surface area contributed by atoms with Crippen molar-refractivity contribution in [3.8, 4) is 0 Å². The minimum absolute atomic E-state index is 0.750. The first kappa shape index (κ1) is 13.8. The first-order chi connectivity index (χ1) is 10.3. The number of rotatable bonds is 6. The lowest BCUT2D eigenvalue weighted by Crippen LogP contribution is -2.11. The Hall–Kier alpha value is -2.14. The molecule has 0 amide bonds. The van der Waals surface area contributed by atoms with Crippen LogP contribution in [0.2, 0.25) is 0 Å². The molecular weight excluding hydrogens is 262 g/mol. The van der Waals surface area contributed by atoms with E-state index >= 15 is 0 Å². The minimum Gasteiger partial charge on any atom is -0.334 e. The van der Waals surface area contributed by atoms with Gasteiger partial charge in [-0.05, 0) is 31.2 Å². The molecule has 0 unspecified atom stereocenters. The predicted molar refractivity (Wildman–Crippen MR) is 84.1 cm³/mol. The third kappa shape index (κ3) is 2.69. The molecule has 21 heavy (non-hydrogen) atoms. The lowest BCUT2D eigenvalue weighted by atomic mass is 10.2. The molecule has 110 valence electrons. The van der Waals surface area contributed by atoms with Gasteiger partial charge in [-0.2, -0.15) is 0 Å². The van der Waals surface area contributed by atoms with Crippen LogP contribution in [0.15, 0.2) is 36.9 Å². The highest BCUT2D eigenvalue weighted by molar-refractivity contribution is 5.80. The van der Waals surface area contributed by atoms with Crippen LogP contribution in [-0.2, 0) is 19.6 Å². The first-order valence-corrected chi connectivity index (χ1v) is 7.47. The summed E-state index contributed by atoms with van der Waals surface area (Å²) in [4.78, 5) is 9.00. The van der Waals surface area contributed by atoms with Crippen LogP contribution in [0.1, 0.15) is 25.2 Å². The molecule has 0 aliphatic carbocycles. The van der Waals surface area contributed by atoms with Gasteiger partial charge >= 0.3 is 0 Å². The first-order valence-electron chi connectivity index (χ1n) is 7.47. The Morgan fingerprint density at radius 3 is 2.86 bits per heavy atom. The van der Waals surface area contributed by atoms with Crippen molar-refractivity contribution in [2.75, 3.05) is 6.54 Å². The van der Waals surface area contributed by atoms with E-state index in [9.17, 15) is 0 Å². The number of fused-ring (bicyclic) bond motifs is 1. The summed E-state index contributed by atoms with van der Waals surface area (Å²) in [6.45, 7) is 7.77. The number of hydrogen-bond donors (Lipinski definition) is 1. The molecule has 0 saturated heterocycles. The number of aromatic nitrogens is 4. The van der Waals surface area contributed by atoms with E-state index in [2.05, 4.69) is 50.5 Å². The van der Waals surface area contributed by atoms with Gasteiger partial charge in [0.1, 0.15) is 11.5 Å². The molecule has 0 aromatic carbocycles. The quantitative estimate of drug-likeness (QED) is 0.755. The Labute approximate surface area is 124 Å². The van der Waals surface area contributed by atoms with E-state index in [-0.39, 0.29) is 0 Å². The fraction of sp³-hybridized carbons (Fsp3) is 0.375. The van der Waals surface area contributed by atoms with Gasteiger partial charge in [0.2, 0.25) is 0 Å². The van der Waals surface area contributed by atoms with Gasteiger partial charge in [-0.1, -0.05) is 6.92 Å². The molecule has 5 heteroatoms. The monoisotopic (exact) mass is 283 g/mol. The summed E-state index contributed by atoms with van der Waals surface area (Å²) < 4.78 is 4.36. The summed E-state index contributed by atoms with van der Waals surface area (Å²) in [7, 11) is 0. The van der Waals surface area contributed by atoms with Crippen molar-refractivity contribution in [3.63, 3.8) is 0 Å². The normalized spacial score (nSPS) is 11.3. The molecule has 0 fully saturated rings. The van der Waals surface area contributed by atoms with Crippen LogP contribution in [0, 0.1) is 0 Å². The van der Waals surface area contributed by atoms with E-state index in [1.165, 1.54) is 10.9 Å². The molecule has 0 radical (unpaired) electrons. The maximum atomic E-state index is 4.54. The van der Waals surface area contributed by atoms with Crippen LogP contribution in [0.3, 0.4) is 0 Å². The van der Waals surface area contributed by atoms with Gasteiger partial charge in [-0.15, -0.1) is 0 Å². The predicted octanol–water partition coefficient (Wildman–Crippen LogP) is 2.41. The summed E-state index contributed by atoms with van der Waals surface area (Å²) >= 11 is 0. The van der Waals surface area contributed by atoms with Crippen LogP contribution in [0.25, 0.3) is 11.0 Å². The third-order valence-corrected chi connectivity index (χ3v) is 3.74. The molecule has 3 aromatic rings. The highest BCUT2D eigenvalue weighted by Crippen LogP contribution is 2.20. The maximum absolute atomic E-state index is 4.54. The molecule has 3 heterocycles. The summed E-state index contributed by atoms with van der Waals surface area (Å²) in [5, 5.41) is 4.61. The Bertz CT molecular complexity index is 725. The van der Waals surface area contributed by atoms with Crippen molar-refractivity contribution in [2.45, 2.75) is 33.5 Å². The number of pyridine rings is 1. The van der Waals surface area contributed by atoms with Gasteiger partial charge in [0.05, 0.1) is 6.54 Å². The Balaban J connectivity index is 1.98. The summed E-state index contributed by atoms with van der Waals surface area (Å²) in [6.07, 6.45) is 7.92. The number of aryl methyl sites for hydroxylation is 1. The molecule has 0 aliphatic rings. The van der Waals surface area contributed by atoms with E-state index in [1.54, 1.807) is 0 Å². The van der Waals surface area contributed by atoms with Gasteiger partial charge < -0.3 is 14.5 Å². The van der Waals surface area contributed by atoms with Crippen LogP contribution in [0.5, 0.6) is 0 Å².